The second kappa shape index (κ2) is 7.30. The molecule has 80 valence electrons. The monoisotopic (exact) mass is 198 g/mol. The van der Waals surface area contributed by atoms with Crippen molar-refractivity contribution in [3.63, 3.8) is 0 Å². The number of carbonyl (C=O) groups is 2. The first-order chi connectivity index (χ1) is 6.74. The normalized spacial score (nSPS) is 16.8. The van der Waals surface area contributed by atoms with E-state index < -0.39 is 0 Å². The first kappa shape index (κ1) is 12.9. The van der Waals surface area contributed by atoms with E-state index in [1.165, 1.54) is 0 Å². The average molecular weight is 198 g/mol. The molecule has 1 fully saturated rings. The highest BCUT2D eigenvalue weighted by molar-refractivity contribution is 5.82. The number of hydrogen-bond donors (Lipinski definition) is 0. The van der Waals surface area contributed by atoms with E-state index in [0.29, 0.717) is 32.3 Å². The van der Waals surface area contributed by atoms with E-state index in [-0.39, 0.29) is 17.7 Å². The lowest BCUT2D eigenvalue weighted by atomic mass is 9.88. The van der Waals surface area contributed by atoms with Crippen molar-refractivity contribution < 1.29 is 14.3 Å². The van der Waals surface area contributed by atoms with Gasteiger partial charge in [-0.2, -0.15) is 0 Å². The second-order valence-electron chi connectivity index (χ2n) is 3.06. The molecule has 3 nitrogen and oxygen atoms in total. The molecule has 1 aliphatic rings. The van der Waals surface area contributed by atoms with Crippen molar-refractivity contribution >= 4 is 11.8 Å². The van der Waals surface area contributed by atoms with Crippen LogP contribution in [0.3, 0.4) is 0 Å². The summed E-state index contributed by atoms with van der Waals surface area (Å²) >= 11 is 0. The zero-order valence-electron chi connectivity index (χ0n) is 8.75. The van der Waals surface area contributed by atoms with Crippen LogP contribution < -0.4 is 0 Å². The largest absolute Gasteiger partial charge is 0.466 e. The molecule has 0 aromatic rings. The molecule has 0 spiro atoms. The summed E-state index contributed by atoms with van der Waals surface area (Å²) in [6.45, 7) is 8.23. The Balaban J connectivity index is 0.000000791. The Morgan fingerprint density at radius 2 is 1.93 bits per heavy atom. The van der Waals surface area contributed by atoms with Gasteiger partial charge in [-0.05, 0) is 19.8 Å². The minimum absolute atomic E-state index is 0.0253. The number of Topliss-reactive ketones (excluding diaryl/α,β-unsaturated/α-hetero) is 1. The molecule has 0 bridgehead atoms. The van der Waals surface area contributed by atoms with Gasteiger partial charge in [0.1, 0.15) is 5.78 Å². The van der Waals surface area contributed by atoms with Crippen LogP contribution in [0.4, 0.5) is 0 Å². The fourth-order valence-corrected chi connectivity index (χ4v) is 1.44. The smallest absolute Gasteiger partial charge is 0.308 e. The van der Waals surface area contributed by atoms with E-state index in [0.717, 1.165) is 0 Å². The van der Waals surface area contributed by atoms with Gasteiger partial charge in [0, 0.05) is 12.8 Å². The molecule has 0 unspecified atom stereocenters. The Labute approximate surface area is 85.1 Å². The second-order valence-corrected chi connectivity index (χ2v) is 3.06. The van der Waals surface area contributed by atoms with Crippen molar-refractivity contribution in [2.45, 2.75) is 32.6 Å². The fourth-order valence-electron chi connectivity index (χ4n) is 1.44. The maximum Gasteiger partial charge on any atom is 0.308 e. The van der Waals surface area contributed by atoms with Gasteiger partial charge in [0.05, 0.1) is 12.5 Å². The standard InChI is InChI=1S/C9H14O3.C2H4/c1-2-12-9(11)7-3-5-8(10)6-4-7;1-2/h7H,2-6H2,1H3;1-2H2. The minimum atomic E-state index is -0.134. The topological polar surface area (TPSA) is 43.4 Å². The molecule has 1 aliphatic carbocycles. The lowest BCUT2D eigenvalue weighted by Gasteiger charge is -2.18. The number of hydrogen-bond acceptors (Lipinski definition) is 3. The van der Waals surface area contributed by atoms with Crippen LogP contribution in [-0.4, -0.2) is 18.4 Å². The van der Waals surface area contributed by atoms with Crippen molar-refractivity contribution in [2.75, 3.05) is 6.61 Å². The van der Waals surface area contributed by atoms with Crippen LogP contribution >= 0.6 is 0 Å². The molecule has 0 aromatic carbocycles. The molecule has 0 heterocycles. The summed E-state index contributed by atoms with van der Waals surface area (Å²) in [4.78, 5) is 22.0. The Morgan fingerprint density at radius 1 is 1.43 bits per heavy atom. The van der Waals surface area contributed by atoms with Gasteiger partial charge in [0.25, 0.3) is 0 Å². The zero-order chi connectivity index (χ0) is 11.0. The number of ketones is 1. The van der Waals surface area contributed by atoms with Crippen LogP contribution in [0.2, 0.25) is 0 Å². The summed E-state index contributed by atoms with van der Waals surface area (Å²) in [6, 6.07) is 0. The van der Waals surface area contributed by atoms with Gasteiger partial charge in [-0.25, -0.2) is 0 Å². The summed E-state index contributed by atoms with van der Waals surface area (Å²) < 4.78 is 4.87. The molecule has 0 aromatic heterocycles. The Bertz CT molecular complexity index is 189. The molecule has 1 saturated carbocycles. The molecule has 0 radical (unpaired) electrons. The van der Waals surface area contributed by atoms with Gasteiger partial charge in [0.15, 0.2) is 0 Å². The van der Waals surface area contributed by atoms with Gasteiger partial charge >= 0.3 is 5.97 Å². The van der Waals surface area contributed by atoms with Crippen LogP contribution in [0.1, 0.15) is 32.6 Å². The summed E-state index contributed by atoms with van der Waals surface area (Å²) in [7, 11) is 0. The Kier molecular flexibility index (Phi) is 6.72. The Morgan fingerprint density at radius 3 is 2.36 bits per heavy atom. The summed E-state index contributed by atoms with van der Waals surface area (Å²) in [6.07, 6.45) is 2.45. The average Bonchev–Trinajstić information content (AvgIpc) is 2.22. The molecule has 0 amide bonds. The highest BCUT2D eigenvalue weighted by Crippen LogP contribution is 2.22. The van der Waals surface area contributed by atoms with Crippen LogP contribution in [0.5, 0.6) is 0 Å². The van der Waals surface area contributed by atoms with Gasteiger partial charge in [-0.3, -0.25) is 9.59 Å². The van der Waals surface area contributed by atoms with Crippen LogP contribution in [0, 0.1) is 5.92 Å². The van der Waals surface area contributed by atoms with Crippen molar-refractivity contribution in [2.24, 2.45) is 5.92 Å². The van der Waals surface area contributed by atoms with Crippen LogP contribution in [0.15, 0.2) is 13.2 Å². The highest BCUT2D eigenvalue weighted by Gasteiger charge is 2.25. The van der Waals surface area contributed by atoms with E-state index in [2.05, 4.69) is 13.2 Å². The maximum absolute atomic E-state index is 11.2. The van der Waals surface area contributed by atoms with Gasteiger partial charge in [-0.1, -0.05) is 0 Å². The predicted molar refractivity (Wildman–Crippen MR) is 54.9 cm³/mol. The van der Waals surface area contributed by atoms with E-state index in [1.54, 1.807) is 6.92 Å². The molecule has 1 rings (SSSR count). The third-order valence-corrected chi connectivity index (χ3v) is 2.16. The van der Waals surface area contributed by atoms with Gasteiger partial charge in [0.2, 0.25) is 0 Å². The van der Waals surface area contributed by atoms with Crippen molar-refractivity contribution in [3.8, 4) is 0 Å². The molecular formula is C11H18O3. The molecule has 14 heavy (non-hydrogen) atoms. The van der Waals surface area contributed by atoms with Gasteiger partial charge in [-0.15, -0.1) is 13.2 Å². The molecular weight excluding hydrogens is 180 g/mol. The first-order valence-corrected chi connectivity index (χ1v) is 4.92. The SMILES string of the molecule is C=C.CCOC(=O)C1CCC(=O)CC1. The molecule has 0 N–H and O–H groups in total. The Hall–Kier alpha value is -1.12. The quantitative estimate of drug-likeness (QED) is 0.504. The lowest BCUT2D eigenvalue weighted by Crippen LogP contribution is -2.23. The third-order valence-electron chi connectivity index (χ3n) is 2.16. The minimum Gasteiger partial charge on any atom is -0.466 e. The molecule has 0 aliphatic heterocycles. The molecule has 0 saturated heterocycles. The summed E-state index contributed by atoms with van der Waals surface area (Å²) in [5, 5.41) is 0. The summed E-state index contributed by atoms with van der Waals surface area (Å²) in [5.41, 5.74) is 0. The number of esters is 1. The van der Waals surface area contributed by atoms with Crippen molar-refractivity contribution in [3.05, 3.63) is 13.2 Å². The predicted octanol–water partition coefficient (Wildman–Crippen LogP) is 2.11. The summed E-state index contributed by atoms with van der Waals surface area (Å²) in [5.74, 6) is 0.114. The van der Waals surface area contributed by atoms with Gasteiger partial charge < -0.3 is 4.74 Å². The maximum atomic E-state index is 11.2. The fraction of sp³-hybridized carbons (Fsp3) is 0.636. The highest BCUT2D eigenvalue weighted by atomic mass is 16.5. The number of rotatable bonds is 2. The van der Waals surface area contributed by atoms with E-state index in [4.69, 9.17) is 4.74 Å². The number of carbonyl (C=O) groups excluding carboxylic acids is 2. The van der Waals surface area contributed by atoms with Crippen molar-refractivity contribution in [1.29, 1.82) is 0 Å². The van der Waals surface area contributed by atoms with Crippen LogP contribution in [0.25, 0.3) is 0 Å². The lowest BCUT2D eigenvalue weighted by molar-refractivity contribution is -0.149. The first-order valence-electron chi connectivity index (χ1n) is 4.92. The van der Waals surface area contributed by atoms with Crippen LogP contribution in [-0.2, 0) is 14.3 Å². The number of ether oxygens (including phenoxy) is 1. The van der Waals surface area contributed by atoms with E-state index in [1.807, 2.05) is 0 Å². The third kappa shape index (κ3) is 4.21. The molecule has 0 atom stereocenters. The van der Waals surface area contributed by atoms with Crippen molar-refractivity contribution in [1.82, 2.24) is 0 Å². The van der Waals surface area contributed by atoms with E-state index >= 15 is 0 Å². The zero-order valence-corrected chi connectivity index (χ0v) is 8.75. The molecule has 3 heteroatoms. The van der Waals surface area contributed by atoms with E-state index in [9.17, 15) is 9.59 Å².